The van der Waals surface area contributed by atoms with Crippen molar-refractivity contribution in [3.8, 4) is 5.75 Å². The number of carbonyl (C=O) groups excluding carboxylic acids is 1. The quantitative estimate of drug-likeness (QED) is 0.851. The Morgan fingerprint density at radius 3 is 2.53 bits per heavy atom. The van der Waals surface area contributed by atoms with Gasteiger partial charge in [0.15, 0.2) is 0 Å². The number of methoxy groups -OCH3 is 1. The zero-order valence-electron chi connectivity index (χ0n) is 12.3. The molecular weight excluding hydrogens is 242 g/mol. The van der Waals surface area contributed by atoms with Crippen LogP contribution in [-0.2, 0) is 11.2 Å². The summed E-state index contributed by atoms with van der Waals surface area (Å²) in [6.45, 7) is 8.10. The molecule has 0 radical (unpaired) electrons. The van der Waals surface area contributed by atoms with Crippen LogP contribution in [0.3, 0.4) is 0 Å². The van der Waals surface area contributed by atoms with E-state index in [0.717, 1.165) is 23.3 Å². The minimum Gasteiger partial charge on any atom is -0.496 e. The van der Waals surface area contributed by atoms with Gasteiger partial charge >= 0.3 is 0 Å². The predicted molar refractivity (Wildman–Crippen MR) is 75.6 cm³/mol. The number of hydrogen-bond donors (Lipinski definition) is 2. The highest BCUT2D eigenvalue weighted by Crippen LogP contribution is 2.28. The maximum absolute atomic E-state index is 11.3. The molecule has 1 aromatic rings. The van der Waals surface area contributed by atoms with E-state index in [9.17, 15) is 4.79 Å². The Hall–Kier alpha value is -1.55. The number of benzene rings is 1. The first-order chi connectivity index (χ1) is 8.88. The van der Waals surface area contributed by atoms with E-state index in [4.69, 9.17) is 9.84 Å². The fourth-order valence-electron chi connectivity index (χ4n) is 2.18. The van der Waals surface area contributed by atoms with E-state index in [1.807, 2.05) is 13.8 Å². The number of nitrogens with one attached hydrogen (secondary N) is 1. The molecule has 19 heavy (non-hydrogen) atoms. The summed E-state index contributed by atoms with van der Waals surface area (Å²) in [5.74, 6) is 0.592. The van der Waals surface area contributed by atoms with Crippen LogP contribution in [0.5, 0.6) is 5.75 Å². The second-order valence-electron chi connectivity index (χ2n) is 4.85. The first-order valence-corrected chi connectivity index (χ1v) is 6.48. The van der Waals surface area contributed by atoms with Crippen LogP contribution in [0.4, 0.5) is 0 Å². The molecule has 1 rings (SSSR count). The van der Waals surface area contributed by atoms with Crippen molar-refractivity contribution in [2.45, 2.75) is 40.2 Å². The highest BCUT2D eigenvalue weighted by atomic mass is 16.5. The smallest absolute Gasteiger partial charge is 0.248 e. The average molecular weight is 265 g/mol. The third-order valence-corrected chi connectivity index (χ3v) is 3.41. The Balaban J connectivity index is 2.78. The lowest BCUT2D eigenvalue weighted by Gasteiger charge is -2.16. The molecule has 1 amide bonds. The van der Waals surface area contributed by atoms with Crippen LogP contribution in [0.1, 0.15) is 29.2 Å². The number of carbonyl (C=O) groups is 1. The standard InChI is InChI=1S/C15H23NO3/c1-9-8-13(6-7-16-15(18)12(4)17)10(2)11(3)14(9)19-5/h8,12,17H,6-7H2,1-5H3,(H,16,18). The molecule has 106 valence electrons. The molecule has 0 saturated carbocycles. The van der Waals surface area contributed by atoms with Crippen molar-refractivity contribution in [3.05, 3.63) is 28.3 Å². The minimum absolute atomic E-state index is 0.334. The Bertz CT molecular complexity index is 467. The molecule has 1 aromatic carbocycles. The summed E-state index contributed by atoms with van der Waals surface area (Å²) in [6, 6.07) is 2.09. The van der Waals surface area contributed by atoms with Crippen LogP contribution in [-0.4, -0.2) is 30.8 Å². The minimum atomic E-state index is -0.958. The molecule has 0 spiro atoms. The molecule has 0 aliphatic carbocycles. The van der Waals surface area contributed by atoms with Crippen LogP contribution in [0.25, 0.3) is 0 Å². The van der Waals surface area contributed by atoms with Gasteiger partial charge in [0.1, 0.15) is 11.9 Å². The molecule has 0 bridgehead atoms. The van der Waals surface area contributed by atoms with E-state index in [1.54, 1.807) is 7.11 Å². The SMILES string of the molecule is COc1c(C)cc(CCNC(=O)C(C)O)c(C)c1C. The Morgan fingerprint density at radius 1 is 1.37 bits per heavy atom. The molecule has 1 unspecified atom stereocenters. The highest BCUT2D eigenvalue weighted by molar-refractivity contribution is 5.79. The summed E-state index contributed by atoms with van der Waals surface area (Å²) in [6.07, 6.45) is -0.212. The number of amides is 1. The van der Waals surface area contributed by atoms with E-state index < -0.39 is 6.10 Å². The van der Waals surface area contributed by atoms with Crippen molar-refractivity contribution in [2.24, 2.45) is 0 Å². The first-order valence-electron chi connectivity index (χ1n) is 6.48. The molecule has 2 N–H and O–H groups in total. The van der Waals surface area contributed by atoms with Gasteiger partial charge in [-0.15, -0.1) is 0 Å². The van der Waals surface area contributed by atoms with E-state index in [1.165, 1.54) is 18.1 Å². The normalized spacial score (nSPS) is 12.1. The third-order valence-electron chi connectivity index (χ3n) is 3.41. The van der Waals surface area contributed by atoms with Crippen LogP contribution in [0.2, 0.25) is 0 Å². The monoisotopic (exact) mass is 265 g/mol. The summed E-state index contributed by atoms with van der Waals surface area (Å²) in [5.41, 5.74) is 4.62. The largest absolute Gasteiger partial charge is 0.496 e. The van der Waals surface area contributed by atoms with Gasteiger partial charge in [-0.25, -0.2) is 0 Å². The summed E-state index contributed by atoms with van der Waals surface area (Å²) in [4.78, 5) is 11.3. The second-order valence-corrected chi connectivity index (χ2v) is 4.85. The van der Waals surface area contributed by atoms with Crippen molar-refractivity contribution >= 4 is 5.91 Å². The lowest BCUT2D eigenvalue weighted by atomic mass is 9.96. The summed E-state index contributed by atoms with van der Waals surface area (Å²) < 4.78 is 5.38. The zero-order chi connectivity index (χ0) is 14.6. The second kappa shape index (κ2) is 6.57. The van der Waals surface area contributed by atoms with Crippen LogP contribution in [0.15, 0.2) is 6.07 Å². The lowest BCUT2D eigenvalue weighted by Crippen LogP contribution is -2.33. The topological polar surface area (TPSA) is 58.6 Å². The van der Waals surface area contributed by atoms with E-state index in [0.29, 0.717) is 6.54 Å². The van der Waals surface area contributed by atoms with Gasteiger partial charge in [0, 0.05) is 6.54 Å². The van der Waals surface area contributed by atoms with Gasteiger partial charge in [-0.2, -0.15) is 0 Å². The summed E-state index contributed by atoms with van der Waals surface area (Å²) in [7, 11) is 1.68. The van der Waals surface area contributed by atoms with Crippen LogP contribution < -0.4 is 10.1 Å². The number of hydrogen-bond acceptors (Lipinski definition) is 3. The fourth-order valence-corrected chi connectivity index (χ4v) is 2.18. The Labute approximate surface area is 114 Å². The summed E-state index contributed by atoms with van der Waals surface area (Å²) in [5, 5.41) is 11.8. The number of aliphatic hydroxyl groups is 1. The lowest BCUT2D eigenvalue weighted by molar-refractivity contribution is -0.128. The van der Waals surface area contributed by atoms with Gasteiger partial charge in [-0.1, -0.05) is 6.07 Å². The van der Waals surface area contributed by atoms with Crippen LogP contribution in [0, 0.1) is 20.8 Å². The molecule has 0 fully saturated rings. The molecule has 0 aromatic heterocycles. The average Bonchev–Trinajstić information content (AvgIpc) is 2.35. The molecule has 0 aliphatic rings. The van der Waals surface area contributed by atoms with Gasteiger partial charge in [0.25, 0.3) is 0 Å². The molecular formula is C15H23NO3. The number of aryl methyl sites for hydroxylation is 1. The first kappa shape index (κ1) is 15.5. The number of ether oxygens (including phenoxy) is 1. The molecule has 0 aliphatic heterocycles. The maximum atomic E-state index is 11.3. The fraction of sp³-hybridized carbons (Fsp3) is 0.533. The van der Waals surface area contributed by atoms with E-state index in [2.05, 4.69) is 18.3 Å². The Kier molecular flexibility index (Phi) is 5.36. The zero-order valence-corrected chi connectivity index (χ0v) is 12.3. The molecule has 4 nitrogen and oxygen atoms in total. The molecule has 0 heterocycles. The van der Waals surface area contributed by atoms with Crippen molar-refractivity contribution in [3.63, 3.8) is 0 Å². The van der Waals surface area contributed by atoms with Gasteiger partial charge in [0.05, 0.1) is 7.11 Å². The number of rotatable bonds is 5. The van der Waals surface area contributed by atoms with E-state index in [-0.39, 0.29) is 5.91 Å². The predicted octanol–water partition coefficient (Wildman–Crippen LogP) is 1.66. The van der Waals surface area contributed by atoms with Gasteiger partial charge in [-0.3, -0.25) is 4.79 Å². The van der Waals surface area contributed by atoms with Crippen LogP contribution >= 0.6 is 0 Å². The maximum Gasteiger partial charge on any atom is 0.248 e. The Morgan fingerprint density at radius 2 is 2.00 bits per heavy atom. The molecule has 1 atom stereocenters. The molecule has 4 heteroatoms. The number of aliphatic hydroxyl groups excluding tert-OH is 1. The van der Waals surface area contributed by atoms with E-state index >= 15 is 0 Å². The van der Waals surface area contributed by atoms with Gasteiger partial charge in [-0.05, 0) is 56.4 Å². The van der Waals surface area contributed by atoms with Gasteiger partial charge in [0.2, 0.25) is 5.91 Å². The van der Waals surface area contributed by atoms with Crippen molar-refractivity contribution in [1.82, 2.24) is 5.32 Å². The van der Waals surface area contributed by atoms with Crippen molar-refractivity contribution < 1.29 is 14.6 Å². The van der Waals surface area contributed by atoms with Gasteiger partial charge < -0.3 is 15.2 Å². The third kappa shape index (κ3) is 3.70. The highest BCUT2D eigenvalue weighted by Gasteiger charge is 2.11. The van der Waals surface area contributed by atoms with Crippen molar-refractivity contribution in [2.75, 3.05) is 13.7 Å². The molecule has 0 saturated heterocycles. The van der Waals surface area contributed by atoms with Crippen molar-refractivity contribution in [1.29, 1.82) is 0 Å². The summed E-state index contributed by atoms with van der Waals surface area (Å²) >= 11 is 0.